The van der Waals surface area contributed by atoms with Gasteiger partial charge in [0.2, 0.25) is 0 Å². The average molecular weight is 272 g/mol. The van der Waals surface area contributed by atoms with E-state index in [1.54, 1.807) is 12.4 Å². The minimum atomic E-state index is -0.0332. The standard InChI is InChI=1S/C16H20N2O2/c1-2-4-12-15(20-10-11-5-3-6-11)13-9-17-8-7-14(13)18-16(12)19/h7-9,11H,2-6,10H2,1H3,(H,18,19). The maximum absolute atomic E-state index is 12.2. The summed E-state index contributed by atoms with van der Waals surface area (Å²) in [4.78, 5) is 19.3. The maximum atomic E-state index is 12.2. The van der Waals surface area contributed by atoms with Gasteiger partial charge >= 0.3 is 0 Å². The summed E-state index contributed by atoms with van der Waals surface area (Å²) >= 11 is 0. The highest BCUT2D eigenvalue weighted by Gasteiger charge is 2.20. The summed E-state index contributed by atoms with van der Waals surface area (Å²) in [6.07, 6.45) is 8.90. The first-order valence-electron chi connectivity index (χ1n) is 7.41. The minimum absolute atomic E-state index is 0.0332. The predicted molar refractivity (Wildman–Crippen MR) is 79.2 cm³/mol. The van der Waals surface area contributed by atoms with Crippen LogP contribution in [0.3, 0.4) is 0 Å². The molecule has 106 valence electrons. The quantitative estimate of drug-likeness (QED) is 0.910. The van der Waals surface area contributed by atoms with Crippen LogP contribution in [0.15, 0.2) is 23.3 Å². The van der Waals surface area contributed by atoms with E-state index in [0.717, 1.165) is 35.1 Å². The van der Waals surface area contributed by atoms with E-state index in [2.05, 4.69) is 16.9 Å². The van der Waals surface area contributed by atoms with Crippen LogP contribution in [0.4, 0.5) is 0 Å². The minimum Gasteiger partial charge on any atom is -0.492 e. The van der Waals surface area contributed by atoms with Crippen LogP contribution in [0.5, 0.6) is 5.75 Å². The largest absolute Gasteiger partial charge is 0.492 e. The lowest BCUT2D eigenvalue weighted by Gasteiger charge is -2.26. The zero-order chi connectivity index (χ0) is 13.9. The third-order valence-electron chi connectivity index (χ3n) is 4.05. The molecule has 4 heteroatoms. The summed E-state index contributed by atoms with van der Waals surface area (Å²) in [5.74, 6) is 1.39. The first-order chi connectivity index (χ1) is 9.79. The lowest BCUT2D eigenvalue weighted by atomic mass is 9.86. The molecule has 1 fully saturated rings. The number of hydrogen-bond acceptors (Lipinski definition) is 3. The van der Waals surface area contributed by atoms with E-state index in [4.69, 9.17) is 4.74 Å². The van der Waals surface area contributed by atoms with Crippen LogP contribution in [0.1, 0.15) is 38.2 Å². The number of nitrogens with zero attached hydrogens (tertiary/aromatic N) is 1. The van der Waals surface area contributed by atoms with Gasteiger partial charge in [0.05, 0.1) is 23.1 Å². The van der Waals surface area contributed by atoms with Gasteiger partial charge in [-0.1, -0.05) is 19.8 Å². The lowest BCUT2D eigenvalue weighted by Crippen LogP contribution is -2.22. The summed E-state index contributed by atoms with van der Waals surface area (Å²) in [7, 11) is 0. The van der Waals surface area contributed by atoms with Crippen molar-refractivity contribution in [2.24, 2.45) is 5.92 Å². The summed E-state index contributed by atoms with van der Waals surface area (Å²) < 4.78 is 6.03. The van der Waals surface area contributed by atoms with Crippen molar-refractivity contribution in [2.45, 2.75) is 39.0 Å². The lowest BCUT2D eigenvalue weighted by molar-refractivity contribution is 0.181. The highest BCUT2D eigenvalue weighted by molar-refractivity contribution is 5.85. The molecule has 0 unspecified atom stereocenters. The average Bonchev–Trinajstić information content (AvgIpc) is 2.40. The van der Waals surface area contributed by atoms with E-state index in [1.807, 2.05) is 6.07 Å². The Kier molecular flexibility index (Phi) is 3.72. The molecule has 0 spiro atoms. The summed E-state index contributed by atoms with van der Waals surface area (Å²) in [6, 6.07) is 1.82. The van der Waals surface area contributed by atoms with Gasteiger partial charge in [0, 0.05) is 12.4 Å². The molecule has 0 saturated heterocycles. The molecule has 3 rings (SSSR count). The Bertz CT molecular complexity index is 659. The Morgan fingerprint density at radius 1 is 1.45 bits per heavy atom. The van der Waals surface area contributed by atoms with Gasteiger partial charge in [-0.2, -0.15) is 0 Å². The van der Waals surface area contributed by atoms with Crippen LogP contribution in [-0.4, -0.2) is 16.6 Å². The number of aromatic nitrogens is 2. The highest BCUT2D eigenvalue weighted by Crippen LogP contribution is 2.30. The third kappa shape index (κ3) is 2.42. The fourth-order valence-corrected chi connectivity index (χ4v) is 2.65. The second-order valence-electron chi connectivity index (χ2n) is 5.54. The molecule has 0 aromatic carbocycles. The number of nitrogens with one attached hydrogen (secondary N) is 1. The molecule has 2 heterocycles. The van der Waals surface area contributed by atoms with Crippen LogP contribution < -0.4 is 10.3 Å². The fraction of sp³-hybridized carbons (Fsp3) is 0.500. The summed E-state index contributed by atoms with van der Waals surface area (Å²) in [5.41, 5.74) is 1.52. The van der Waals surface area contributed by atoms with E-state index in [0.29, 0.717) is 12.5 Å². The molecular weight excluding hydrogens is 252 g/mol. The van der Waals surface area contributed by atoms with E-state index < -0.39 is 0 Å². The molecule has 1 aliphatic carbocycles. The van der Waals surface area contributed by atoms with Gasteiger partial charge in [0.1, 0.15) is 5.75 Å². The number of H-pyrrole nitrogens is 1. The smallest absolute Gasteiger partial charge is 0.255 e. The van der Waals surface area contributed by atoms with Crippen molar-refractivity contribution < 1.29 is 4.74 Å². The number of rotatable bonds is 5. The van der Waals surface area contributed by atoms with E-state index in [-0.39, 0.29) is 5.56 Å². The predicted octanol–water partition coefficient (Wildman–Crippen LogP) is 3.05. The van der Waals surface area contributed by atoms with Crippen LogP contribution in [0, 0.1) is 5.92 Å². The normalized spacial score (nSPS) is 15.2. The number of pyridine rings is 2. The molecular formula is C16H20N2O2. The molecule has 1 N–H and O–H groups in total. The third-order valence-corrected chi connectivity index (χ3v) is 4.05. The van der Waals surface area contributed by atoms with Gasteiger partial charge in [-0.25, -0.2) is 0 Å². The van der Waals surface area contributed by atoms with Gasteiger partial charge in [-0.3, -0.25) is 9.78 Å². The van der Waals surface area contributed by atoms with Crippen molar-refractivity contribution in [3.05, 3.63) is 34.4 Å². The summed E-state index contributed by atoms with van der Waals surface area (Å²) in [5, 5.41) is 0.912. The fourth-order valence-electron chi connectivity index (χ4n) is 2.65. The zero-order valence-electron chi connectivity index (χ0n) is 11.8. The Morgan fingerprint density at radius 3 is 3.00 bits per heavy atom. The molecule has 1 saturated carbocycles. The molecule has 2 aromatic rings. The van der Waals surface area contributed by atoms with Gasteiger partial charge in [-0.05, 0) is 31.2 Å². The SMILES string of the molecule is CCCc1c(OCC2CCC2)c2cnccc2[nH]c1=O. The van der Waals surface area contributed by atoms with Gasteiger partial charge in [0.25, 0.3) is 5.56 Å². The molecule has 2 aromatic heterocycles. The molecule has 4 nitrogen and oxygen atoms in total. The Hall–Kier alpha value is -1.84. The second kappa shape index (κ2) is 5.65. The van der Waals surface area contributed by atoms with Crippen LogP contribution in [0.2, 0.25) is 0 Å². The first kappa shape index (κ1) is 13.2. The molecule has 0 amide bonds. The van der Waals surface area contributed by atoms with Gasteiger partial charge < -0.3 is 9.72 Å². The monoisotopic (exact) mass is 272 g/mol. The number of hydrogen-bond donors (Lipinski definition) is 1. The number of fused-ring (bicyclic) bond motifs is 1. The van der Waals surface area contributed by atoms with E-state index >= 15 is 0 Å². The molecule has 0 bridgehead atoms. The van der Waals surface area contributed by atoms with Crippen molar-refractivity contribution in [2.75, 3.05) is 6.61 Å². The molecule has 0 radical (unpaired) electrons. The van der Waals surface area contributed by atoms with Crippen molar-refractivity contribution in [3.63, 3.8) is 0 Å². The molecule has 1 aliphatic rings. The van der Waals surface area contributed by atoms with E-state index in [9.17, 15) is 4.79 Å². The van der Waals surface area contributed by atoms with Crippen molar-refractivity contribution in [1.82, 2.24) is 9.97 Å². The van der Waals surface area contributed by atoms with E-state index in [1.165, 1.54) is 19.3 Å². The highest BCUT2D eigenvalue weighted by atomic mass is 16.5. The Labute approximate surface area is 118 Å². The second-order valence-corrected chi connectivity index (χ2v) is 5.54. The molecule has 0 atom stereocenters. The Balaban J connectivity index is 2.03. The van der Waals surface area contributed by atoms with Crippen molar-refractivity contribution in [3.8, 4) is 5.75 Å². The summed E-state index contributed by atoms with van der Waals surface area (Å²) in [6.45, 7) is 2.78. The number of ether oxygens (including phenoxy) is 1. The Morgan fingerprint density at radius 2 is 2.30 bits per heavy atom. The van der Waals surface area contributed by atoms with Gasteiger partial charge in [0.15, 0.2) is 0 Å². The molecule has 0 aliphatic heterocycles. The van der Waals surface area contributed by atoms with Crippen molar-refractivity contribution >= 4 is 10.9 Å². The maximum Gasteiger partial charge on any atom is 0.255 e. The van der Waals surface area contributed by atoms with Gasteiger partial charge in [-0.15, -0.1) is 0 Å². The van der Waals surface area contributed by atoms with Crippen LogP contribution >= 0.6 is 0 Å². The van der Waals surface area contributed by atoms with Crippen LogP contribution in [0.25, 0.3) is 10.9 Å². The molecule has 20 heavy (non-hydrogen) atoms. The van der Waals surface area contributed by atoms with Crippen molar-refractivity contribution in [1.29, 1.82) is 0 Å². The van der Waals surface area contributed by atoms with Crippen LogP contribution in [-0.2, 0) is 6.42 Å². The zero-order valence-corrected chi connectivity index (χ0v) is 11.8. The number of aromatic amines is 1. The first-order valence-corrected chi connectivity index (χ1v) is 7.41. The topological polar surface area (TPSA) is 55.0 Å².